The zero-order chi connectivity index (χ0) is 27.9. The summed E-state index contributed by atoms with van der Waals surface area (Å²) in [6, 6.07) is 10.9. The molecule has 12 nitrogen and oxygen atoms in total. The maximum atomic E-state index is 12.4. The molecule has 1 atom stereocenters. The molecule has 1 heterocycles. The number of carbonyl (C=O) groups excluding carboxylic acids is 1. The number of aliphatic hydroxyl groups excluding tert-OH is 1. The minimum absolute atomic E-state index is 0.00552. The molecule has 38 heavy (non-hydrogen) atoms. The summed E-state index contributed by atoms with van der Waals surface area (Å²) in [5.74, 6) is -0.876. The number of ether oxygens (including phenoxy) is 1. The van der Waals surface area contributed by atoms with Crippen molar-refractivity contribution >= 4 is 37.4 Å². The van der Waals surface area contributed by atoms with Crippen molar-refractivity contribution in [3.05, 3.63) is 48.0 Å². The van der Waals surface area contributed by atoms with E-state index in [-0.39, 0.29) is 35.5 Å². The molecule has 0 unspecified atom stereocenters. The lowest BCUT2D eigenvalue weighted by Crippen LogP contribution is -2.43. The maximum Gasteiger partial charge on any atom is 0.321 e. The van der Waals surface area contributed by atoms with Crippen LogP contribution in [0.4, 0.5) is 11.4 Å². The number of piperidine rings is 1. The predicted octanol–water partition coefficient (Wildman–Crippen LogP) is 0.897. The number of hydrogen-bond acceptors (Lipinski definition) is 10. The van der Waals surface area contributed by atoms with Gasteiger partial charge in [-0.2, -0.15) is 4.72 Å². The number of phenols is 1. The van der Waals surface area contributed by atoms with Gasteiger partial charge in [-0.05, 0) is 61.7 Å². The normalized spacial score (nSPS) is 15.7. The Bertz CT molecular complexity index is 1310. The van der Waals surface area contributed by atoms with E-state index in [4.69, 9.17) is 4.74 Å². The van der Waals surface area contributed by atoms with Gasteiger partial charge in [-0.15, -0.1) is 0 Å². The monoisotopic (exact) mass is 570 g/mol. The number of nitrogens with one attached hydrogen (secondary N) is 3. The van der Waals surface area contributed by atoms with Crippen molar-refractivity contribution in [2.45, 2.75) is 36.8 Å². The summed E-state index contributed by atoms with van der Waals surface area (Å²) in [6.07, 6.45) is 1.67. The van der Waals surface area contributed by atoms with Crippen molar-refractivity contribution in [2.75, 3.05) is 48.7 Å². The average Bonchev–Trinajstić information content (AvgIpc) is 2.87. The Morgan fingerprint density at radius 2 is 1.76 bits per heavy atom. The van der Waals surface area contributed by atoms with Crippen molar-refractivity contribution in [3.8, 4) is 5.75 Å². The molecule has 1 fully saturated rings. The zero-order valence-corrected chi connectivity index (χ0v) is 22.9. The lowest BCUT2D eigenvalue weighted by atomic mass is 10.0. The van der Waals surface area contributed by atoms with Gasteiger partial charge < -0.3 is 25.2 Å². The third-order valence-corrected chi connectivity index (χ3v) is 8.03. The molecule has 0 amide bonds. The van der Waals surface area contributed by atoms with E-state index in [0.29, 0.717) is 5.56 Å². The Kier molecular flexibility index (Phi) is 9.95. The van der Waals surface area contributed by atoms with E-state index in [1.54, 1.807) is 19.1 Å². The van der Waals surface area contributed by atoms with Crippen molar-refractivity contribution < 1.29 is 36.6 Å². The number of hydrogen-bond donors (Lipinski definition) is 5. The van der Waals surface area contributed by atoms with E-state index in [1.165, 1.54) is 30.3 Å². The minimum Gasteiger partial charge on any atom is -0.506 e. The molecule has 0 saturated carbocycles. The topological polar surface area (TPSA) is 174 Å². The molecule has 2 aromatic carbocycles. The highest BCUT2D eigenvalue weighted by molar-refractivity contribution is 7.92. The molecule has 3 rings (SSSR count). The van der Waals surface area contributed by atoms with Gasteiger partial charge in [-0.25, -0.2) is 16.8 Å². The van der Waals surface area contributed by atoms with Gasteiger partial charge in [0.05, 0.1) is 29.5 Å². The first kappa shape index (κ1) is 29.6. The SMILES string of the molecule is CCOC(=O)CNS(=O)(=O)c1ccc(N2CCC(NC[C@@H](O)c3ccc(O)c(NS(C)(=O)=O)c3)CC2)cc1. The zero-order valence-electron chi connectivity index (χ0n) is 21.3. The number of carbonyl (C=O) groups is 1. The molecule has 2 aromatic rings. The van der Waals surface area contributed by atoms with Crippen molar-refractivity contribution in [1.82, 2.24) is 10.0 Å². The van der Waals surface area contributed by atoms with E-state index in [0.717, 1.165) is 37.9 Å². The summed E-state index contributed by atoms with van der Waals surface area (Å²) in [5.41, 5.74) is 1.35. The van der Waals surface area contributed by atoms with E-state index in [1.807, 2.05) is 0 Å². The first-order valence-corrected chi connectivity index (χ1v) is 15.5. The Morgan fingerprint density at radius 3 is 2.37 bits per heavy atom. The molecular formula is C24H34N4O8S2. The molecule has 0 aliphatic carbocycles. The van der Waals surface area contributed by atoms with Crippen molar-refractivity contribution in [1.29, 1.82) is 0 Å². The second kappa shape index (κ2) is 12.8. The maximum absolute atomic E-state index is 12.4. The van der Waals surface area contributed by atoms with Crippen LogP contribution in [-0.2, 0) is 29.6 Å². The van der Waals surface area contributed by atoms with E-state index < -0.39 is 38.7 Å². The number of benzene rings is 2. The number of sulfonamides is 2. The summed E-state index contributed by atoms with van der Waals surface area (Å²) in [5, 5.41) is 23.8. The van der Waals surface area contributed by atoms with E-state index >= 15 is 0 Å². The number of esters is 1. The van der Waals surface area contributed by atoms with Gasteiger partial charge in [-0.1, -0.05) is 6.07 Å². The summed E-state index contributed by atoms with van der Waals surface area (Å²) in [6.45, 7) is 3.08. The number of nitrogens with zero attached hydrogens (tertiary/aromatic N) is 1. The standard InChI is InChI=1S/C24H34N4O8S2/c1-3-36-24(31)16-26-38(34,35)20-7-5-19(6-8-20)28-12-10-18(11-13-28)25-15-23(30)17-4-9-22(29)21(14-17)27-37(2,32)33/h4-9,14,18,23,25-27,29-30H,3,10-13,15-16H2,1-2H3/t23-/m1/s1. The van der Waals surface area contributed by atoms with Crippen LogP contribution in [0.15, 0.2) is 47.4 Å². The van der Waals surface area contributed by atoms with Crippen LogP contribution < -0.4 is 19.7 Å². The summed E-state index contributed by atoms with van der Waals surface area (Å²) < 4.78 is 56.9. The Balaban J connectivity index is 1.49. The number of phenolic OH excluding ortho intramolecular Hbond substituents is 1. The van der Waals surface area contributed by atoms with E-state index in [2.05, 4.69) is 19.7 Å². The number of rotatable bonds is 12. The summed E-state index contributed by atoms with van der Waals surface area (Å²) in [7, 11) is -7.41. The lowest BCUT2D eigenvalue weighted by molar-refractivity contribution is -0.141. The van der Waals surface area contributed by atoms with Gasteiger partial charge in [0.15, 0.2) is 0 Å². The van der Waals surface area contributed by atoms with Crippen molar-refractivity contribution in [3.63, 3.8) is 0 Å². The fourth-order valence-corrected chi connectivity index (χ4v) is 5.60. The molecule has 1 aliphatic rings. The Labute approximate surface area is 223 Å². The van der Waals surface area contributed by atoms with Gasteiger partial charge in [0.1, 0.15) is 12.3 Å². The highest BCUT2D eigenvalue weighted by Gasteiger charge is 2.22. The second-order valence-corrected chi connectivity index (χ2v) is 12.5. The molecule has 1 saturated heterocycles. The van der Waals surface area contributed by atoms with Crippen LogP contribution in [0.3, 0.4) is 0 Å². The van der Waals surface area contributed by atoms with Crippen LogP contribution in [-0.4, -0.2) is 78.1 Å². The minimum atomic E-state index is -3.83. The predicted molar refractivity (Wildman–Crippen MR) is 143 cm³/mol. The fraction of sp³-hybridized carbons (Fsp3) is 0.458. The van der Waals surface area contributed by atoms with Gasteiger partial charge in [-0.3, -0.25) is 9.52 Å². The quantitative estimate of drug-likeness (QED) is 0.182. The molecule has 0 radical (unpaired) electrons. The van der Waals surface area contributed by atoms with Gasteiger partial charge in [0.25, 0.3) is 0 Å². The van der Waals surface area contributed by atoms with Crippen LogP contribution in [0.2, 0.25) is 0 Å². The molecule has 1 aliphatic heterocycles. The third-order valence-electron chi connectivity index (χ3n) is 6.02. The van der Waals surface area contributed by atoms with Gasteiger partial charge >= 0.3 is 5.97 Å². The van der Waals surface area contributed by atoms with Crippen LogP contribution in [0.25, 0.3) is 0 Å². The molecule has 0 bridgehead atoms. The largest absolute Gasteiger partial charge is 0.506 e. The first-order valence-electron chi connectivity index (χ1n) is 12.1. The van der Waals surface area contributed by atoms with E-state index in [9.17, 15) is 31.8 Å². The molecule has 5 N–H and O–H groups in total. The van der Waals surface area contributed by atoms with Crippen LogP contribution in [0, 0.1) is 0 Å². The molecule has 0 aromatic heterocycles. The molecular weight excluding hydrogens is 536 g/mol. The fourth-order valence-electron chi connectivity index (χ4n) is 4.07. The molecule has 14 heteroatoms. The summed E-state index contributed by atoms with van der Waals surface area (Å²) >= 11 is 0. The smallest absolute Gasteiger partial charge is 0.321 e. The van der Waals surface area contributed by atoms with Crippen molar-refractivity contribution in [2.24, 2.45) is 0 Å². The number of aliphatic hydroxyl groups is 1. The summed E-state index contributed by atoms with van der Waals surface area (Å²) in [4.78, 5) is 13.6. The van der Waals surface area contributed by atoms with Crippen LogP contribution in [0.1, 0.15) is 31.4 Å². The van der Waals surface area contributed by atoms with Gasteiger partial charge in [0.2, 0.25) is 20.0 Å². The van der Waals surface area contributed by atoms with Crippen LogP contribution in [0.5, 0.6) is 5.75 Å². The second-order valence-electron chi connectivity index (χ2n) is 8.96. The van der Waals surface area contributed by atoms with Crippen LogP contribution >= 0.6 is 0 Å². The highest BCUT2D eigenvalue weighted by atomic mass is 32.2. The molecule has 0 spiro atoms. The Hall–Kier alpha value is -2.91. The first-order chi connectivity index (χ1) is 17.9. The highest BCUT2D eigenvalue weighted by Crippen LogP contribution is 2.28. The third kappa shape index (κ3) is 8.56. The molecule has 210 valence electrons. The number of anilines is 2. The van der Waals surface area contributed by atoms with Gasteiger partial charge in [0, 0.05) is 31.4 Å². The Morgan fingerprint density at radius 1 is 1.11 bits per heavy atom. The number of aromatic hydroxyl groups is 1. The lowest BCUT2D eigenvalue weighted by Gasteiger charge is -2.34. The average molecular weight is 571 g/mol.